The van der Waals surface area contributed by atoms with Crippen molar-refractivity contribution in [3.8, 4) is 0 Å². The Morgan fingerprint density at radius 3 is 2.37 bits per heavy atom. The van der Waals surface area contributed by atoms with Gasteiger partial charge in [0.15, 0.2) is 6.10 Å². The Labute approximate surface area is 312 Å². The molecule has 3 amide bonds. The van der Waals surface area contributed by atoms with Crippen molar-refractivity contribution in [2.45, 2.75) is 122 Å². The minimum absolute atomic E-state index is 0.0192. The fraction of sp³-hybridized carbons (Fsp3) is 0.641. The zero-order valence-corrected chi connectivity index (χ0v) is 32.6. The van der Waals surface area contributed by atoms with Crippen LogP contribution in [0.4, 0.5) is 0 Å². The Kier molecular flexibility index (Phi) is 14.8. The van der Waals surface area contributed by atoms with Crippen LogP contribution in [0.15, 0.2) is 35.7 Å². The molecule has 1 aromatic carbocycles. The van der Waals surface area contributed by atoms with Crippen LogP contribution in [-0.2, 0) is 35.1 Å². The molecule has 52 heavy (non-hydrogen) atoms. The Bertz CT molecular complexity index is 1530. The number of benzene rings is 1. The highest BCUT2D eigenvalue weighted by Gasteiger charge is 2.49. The van der Waals surface area contributed by atoms with E-state index in [1.807, 2.05) is 51.2 Å². The van der Waals surface area contributed by atoms with Crippen LogP contribution in [0.5, 0.6) is 0 Å². The Morgan fingerprint density at radius 2 is 1.77 bits per heavy atom. The van der Waals surface area contributed by atoms with E-state index in [-0.39, 0.29) is 53.9 Å². The first-order valence-corrected chi connectivity index (χ1v) is 19.5. The van der Waals surface area contributed by atoms with E-state index in [1.54, 1.807) is 24.3 Å². The molecule has 2 fully saturated rings. The number of esters is 2. The lowest BCUT2D eigenvalue weighted by Gasteiger charge is -2.47. The maximum absolute atomic E-state index is 14.2. The van der Waals surface area contributed by atoms with Gasteiger partial charge >= 0.3 is 11.9 Å². The first-order chi connectivity index (χ1) is 24.7. The molecule has 1 aliphatic heterocycles. The average Bonchev–Trinajstić information content (AvgIpc) is 3.60. The van der Waals surface area contributed by atoms with Crippen LogP contribution in [-0.4, -0.2) is 95.9 Å². The molecule has 0 unspecified atom stereocenters. The zero-order chi connectivity index (χ0) is 38.0. The number of carbonyl (C=O) groups is 5. The van der Waals surface area contributed by atoms with Gasteiger partial charge in [-0.2, -0.15) is 0 Å². The predicted molar refractivity (Wildman–Crippen MR) is 199 cm³/mol. The lowest BCUT2D eigenvalue weighted by molar-refractivity contribution is -0.152. The molecule has 2 N–H and O–H groups in total. The number of nitrogens with zero attached hydrogens (tertiary/aromatic N) is 3. The number of hydrogen-bond acceptors (Lipinski definition) is 10. The molecule has 0 spiro atoms. The summed E-state index contributed by atoms with van der Waals surface area (Å²) in [5, 5.41) is 8.31. The molecule has 286 valence electrons. The number of carbonyl (C=O) groups excluding carboxylic acids is 5. The van der Waals surface area contributed by atoms with Crippen molar-refractivity contribution in [1.29, 1.82) is 0 Å². The molecule has 4 rings (SSSR count). The summed E-state index contributed by atoms with van der Waals surface area (Å²) in [7, 11) is 5.06. The predicted octanol–water partition coefficient (Wildman–Crippen LogP) is 5.07. The lowest BCUT2D eigenvalue weighted by Crippen LogP contribution is -2.66. The van der Waals surface area contributed by atoms with Crippen LogP contribution < -0.4 is 10.6 Å². The van der Waals surface area contributed by atoms with Crippen molar-refractivity contribution in [2.75, 3.05) is 27.7 Å². The Morgan fingerprint density at radius 1 is 1.06 bits per heavy atom. The molecular weight excluding hydrogens is 683 g/mol. The SMILES string of the molecule is COC(=O)[C@@H](C)C[C@H](CCc1ccccc1)NC(=O)c1csc([C@@H](C[C@H](C(C)C)N(C)C(=O)C2(NC(=O)[C@H]3CCCCN3C)CCC2)OC(C)=O)n1. The van der Waals surface area contributed by atoms with E-state index < -0.39 is 29.4 Å². The number of likely N-dealkylation sites (tertiary alicyclic amines) is 1. The first-order valence-electron chi connectivity index (χ1n) is 18.6. The quantitative estimate of drug-likeness (QED) is 0.212. The van der Waals surface area contributed by atoms with Gasteiger partial charge in [0.1, 0.15) is 16.2 Å². The summed E-state index contributed by atoms with van der Waals surface area (Å²) in [6.07, 6.45) is 6.00. The van der Waals surface area contributed by atoms with Gasteiger partial charge in [0.25, 0.3) is 5.91 Å². The molecule has 1 saturated carbocycles. The minimum atomic E-state index is -0.955. The highest BCUT2D eigenvalue weighted by Crippen LogP contribution is 2.37. The maximum Gasteiger partial charge on any atom is 0.308 e. The number of nitrogens with one attached hydrogen (secondary N) is 2. The van der Waals surface area contributed by atoms with Crippen LogP contribution in [0.1, 0.15) is 113 Å². The van der Waals surface area contributed by atoms with Gasteiger partial charge in [-0.3, -0.25) is 28.9 Å². The van der Waals surface area contributed by atoms with Crippen LogP contribution in [0.25, 0.3) is 0 Å². The number of hydrogen-bond donors (Lipinski definition) is 2. The molecule has 2 aliphatic rings. The van der Waals surface area contributed by atoms with E-state index in [1.165, 1.54) is 25.4 Å². The lowest BCUT2D eigenvalue weighted by atomic mass is 9.74. The van der Waals surface area contributed by atoms with Gasteiger partial charge in [-0.15, -0.1) is 11.3 Å². The Hall–Kier alpha value is -3.84. The summed E-state index contributed by atoms with van der Waals surface area (Å²) in [4.78, 5) is 74.2. The molecule has 1 saturated heterocycles. The van der Waals surface area contributed by atoms with Gasteiger partial charge in [-0.1, -0.05) is 57.5 Å². The van der Waals surface area contributed by atoms with E-state index in [2.05, 4.69) is 20.5 Å². The summed E-state index contributed by atoms with van der Waals surface area (Å²) in [6, 6.07) is 9.02. The molecule has 5 atom stereocenters. The van der Waals surface area contributed by atoms with Crippen molar-refractivity contribution < 1.29 is 33.4 Å². The first kappa shape index (κ1) is 40.9. The number of thiazole rings is 1. The van der Waals surface area contributed by atoms with Gasteiger partial charge in [0, 0.05) is 37.9 Å². The van der Waals surface area contributed by atoms with Gasteiger partial charge < -0.3 is 25.0 Å². The normalized spacial score (nSPS) is 19.3. The van der Waals surface area contributed by atoms with Crippen LogP contribution in [0.3, 0.4) is 0 Å². The zero-order valence-electron chi connectivity index (χ0n) is 31.8. The van der Waals surface area contributed by atoms with Crippen molar-refractivity contribution in [1.82, 2.24) is 25.4 Å². The summed E-state index contributed by atoms with van der Waals surface area (Å²) < 4.78 is 10.7. The standard InChI is InChI=1S/C39H57N5O7S/c1-25(2)32(44(6)38(49)39(19-13-20-39)42-35(47)31-16-11-12-21-43(31)5)23-33(51-27(4)45)36-41-30(24-52-36)34(46)40-29(22-26(3)37(48)50-7)18-17-28-14-9-8-10-15-28/h8-10,14-15,24-26,29,31-33H,11-13,16-23H2,1-7H3,(H,40,46)(H,42,47)/t26-,29-,31+,32+,33+/m0/s1. The second kappa shape index (κ2) is 18.8. The smallest absolute Gasteiger partial charge is 0.308 e. The molecule has 1 aromatic heterocycles. The molecule has 0 radical (unpaired) electrons. The Balaban J connectivity index is 1.48. The largest absolute Gasteiger partial charge is 0.469 e. The van der Waals surface area contributed by atoms with E-state index >= 15 is 0 Å². The second-order valence-corrected chi connectivity index (χ2v) is 15.8. The summed E-state index contributed by atoms with van der Waals surface area (Å²) in [5.74, 6) is -1.91. The minimum Gasteiger partial charge on any atom is -0.469 e. The molecule has 13 heteroatoms. The third-order valence-corrected chi connectivity index (χ3v) is 11.6. The summed E-state index contributed by atoms with van der Waals surface area (Å²) in [5.41, 5.74) is 0.350. The number of aryl methyl sites for hydroxylation is 1. The summed E-state index contributed by atoms with van der Waals surface area (Å²) >= 11 is 1.22. The second-order valence-electron chi connectivity index (χ2n) is 14.9. The van der Waals surface area contributed by atoms with E-state index in [9.17, 15) is 24.0 Å². The maximum atomic E-state index is 14.2. The number of likely N-dealkylation sites (N-methyl/N-ethyl adjacent to an activating group) is 2. The van der Waals surface area contributed by atoms with Crippen LogP contribution >= 0.6 is 11.3 Å². The van der Waals surface area contributed by atoms with E-state index in [0.717, 1.165) is 37.8 Å². The third kappa shape index (κ3) is 10.6. The molecule has 2 aromatic rings. The fourth-order valence-electron chi connectivity index (χ4n) is 7.39. The number of amides is 3. The number of rotatable bonds is 17. The molecule has 2 heterocycles. The number of piperidine rings is 1. The van der Waals surface area contributed by atoms with Crippen LogP contribution in [0, 0.1) is 11.8 Å². The fourth-order valence-corrected chi connectivity index (χ4v) is 8.23. The molecule has 12 nitrogen and oxygen atoms in total. The number of methoxy groups -OCH3 is 1. The molecular formula is C39H57N5O7S. The van der Waals surface area contributed by atoms with Crippen molar-refractivity contribution in [3.05, 3.63) is 52.0 Å². The number of aromatic nitrogens is 1. The molecule has 0 bridgehead atoms. The van der Waals surface area contributed by atoms with Crippen molar-refractivity contribution >= 4 is 41.0 Å². The highest BCUT2D eigenvalue weighted by atomic mass is 32.1. The topological polar surface area (TPSA) is 147 Å². The van der Waals surface area contributed by atoms with Gasteiger partial charge in [0.2, 0.25) is 11.8 Å². The van der Waals surface area contributed by atoms with E-state index in [0.29, 0.717) is 37.1 Å². The van der Waals surface area contributed by atoms with Gasteiger partial charge in [-0.25, -0.2) is 4.98 Å². The monoisotopic (exact) mass is 739 g/mol. The van der Waals surface area contributed by atoms with Gasteiger partial charge in [0.05, 0.1) is 19.1 Å². The average molecular weight is 740 g/mol. The third-order valence-electron chi connectivity index (χ3n) is 10.6. The number of ether oxygens (including phenoxy) is 2. The van der Waals surface area contributed by atoms with E-state index in [4.69, 9.17) is 9.47 Å². The van der Waals surface area contributed by atoms with Crippen LogP contribution in [0.2, 0.25) is 0 Å². The van der Waals surface area contributed by atoms with Crippen molar-refractivity contribution in [3.63, 3.8) is 0 Å². The summed E-state index contributed by atoms with van der Waals surface area (Å²) in [6.45, 7) is 7.98. The van der Waals surface area contributed by atoms with Crippen molar-refractivity contribution in [2.24, 2.45) is 11.8 Å². The van der Waals surface area contributed by atoms with Gasteiger partial charge in [-0.05, 0) is 76.4 Å². The highest BCUT2D eigenvalue weighted by molar-refractivity contribution is 7.09. The molecule has 1 aliphatic carbocycles.